The molecule has 2 N–H and O–H groups in total. The van der Waals surface area contributed by atoms with Gasteiger partial charge in [0, 0.05) is 19.1 Å². The van der Waals surface area contributed by atoms with Gasteiger partial charge < -0.3 is 15.0 Å². The number of carbonyl (C=O) groups excluding carboxylic acids is 1. The van der Waals surface area contributed by atoms with Gasteiger partial charge in [-0.25, -0.2) is 4.68 Å². The third-order valence-electron chi connectivity index (χ3n) is 5.40. The van der Waals surface area contributed by atoms with Crippen LogP contribution in [0.15, 0.2) is 58.1 Å². The molecule has 1 fully saturated rings. The molecule has 1 aliphatic heterocycles. The summed E-state index contributed by atoms with van der Waals surface area (Å²) in [5.41, 5.74) is 0.215. The zero-order chi connectivity index (χ0) is 21.1. The normalized spacial score (nSPS) is 16.4. The molecule has 1 atom stereocenters. The summed E-state index contributed by atoms with van der Waals surface area (Å²) in [6.45, 7) is 1.30. The molecule has 1 unspecified atom stereocenters. The molecule has 2 heterocycles. The fourth-order valence-electron chi connectivity index (χ4n) is 3.98. The Morgan fingerprint density at radius 2 is 1.87 bits per heavy atom. The van der Waals surface area contributed by atoms with Crippen molar-refractivity contribution in [1.82, 2.24) is 15.1 Å². The van der Waals surface area contributed by atoms with E-state index in [9.17, 15) is 14.4 Å². The molecule has 8 heteroatoms. The average molecular weight is 408 g/mol. The number of ether oxygens (including phenoxy) is 1. The van der Waals surface area contributed by atoms with E-state index in [-0.39, 0.29) is 24.1 Å². The van der Waals surface area contributed by atoms with Gasteiger partial charge in [0.1, 0.15) is 12.3 Å². The lowest BCUT2D eigenvalue weighted by atomic mass is 10.0. The van der Waals surface area contributed by atoms with Crippen molar-refractivity contribution >= 4 is 22.4 Å². The van der Waals surface area contributed by atoms with Crippen molar-refractivity contribution < 1.29 is 9.53 Å². The van der Waals surface area contributed by atoms with E-state index in [4.69, 9.17) is 4.74 Å². The molecule has 1 aliphatic rings. The molecule has 156 valence electrons. The molecule has 2 aromatic carbocycles. The number of aromatic amines is 1. The lowest BCUT2D eigenvalue weighted by Crippen LogP contribution is -2.49. The number of nitrogens with zero attached hydrogens (tertiary/aromatic N) is 2. The summed E-state index contributed by atoms with van der Waals surface area (Å²) in [5, 5.41) is 6.11. The largest absolute Gasteiger partial charge is 0.495 e. The van der Waals surface area contributed by atoms with Gasteiger partial charge in [0.15, 0.2) is 0 Å². The Hall–Kier alpha value is -3.55. The number of amides is 1. The van der Waals surface area contributed by atoms with Crippen molar-refractivity contribution in [3.63, 3.8) is 0 Å². The maximum absolute atomic E-state index is 12.6. The van der Waals surface area contributed by atoms with E-state index in [1.165, 1.54) is 0 Å². The number of hydrogen-bond acceptors (Lipinski definition) is 5. The predicted octanol–water partition coefficient (Wildman–Crippen LogP) is 1.48. The van der Waals surface area contributed by atoms with Gasteiger partial charge in [-0.3, -0.25) is 19.5 Å². The number of piperidine rings is 1. The van der Waals surface area contributed by atoms with Crippen LogP contribution in [0, 0.1) is 0 Å². The fourth-order valence-corrected chi connectivity index (χ4v) is 3.98. The predicted molar refractivity (Wildman–Crippen MR) is 115 cm³/mol. The van der Waals surface area contributed by atoms with Crippen LogP contribution in [0.5, 0.6) is 5.75 Å². The molecule has 0 saturated carbocycles. The molecular formula is C22H24N4O4. The van der Waals surface area contributed by atoms with Crippen LogP contribution in [0.4, 0.5) is 5.69 Å². The molecule has 1 saturated heterocycles. The summed E-state index contributed by atoms with van der Waals surface area (Å²) in [6.07, 6.45) is 1.77. The van der Waals surface area contributed by atoms with Gasteiger partial charge in [-0.1, -0.05) is 24.3 Å². The molecule has 30 heavy (non-hydrogen) atoms. The van der Waals surface area contributed by atoms with E-state index < -0.39 is 5.56 Å². The van der Waals surface area contributed by atoms with E-state index in [2.05, 4.69) is 15.3 Å². The van der Waals surface area contributed by atoms with Crippen LogP contribution in [-0.2, 0) is 11.3 Å². The van der Waals surface area contributed by atoms with Crippen molar-refractivity contribution in [2.24, 2.45) is 0 Å². The van der Waals surface area contributed by atoms with Crippen molar-refractivity contribution in [2.75, 3.05) is 25.1 Å². The SMILES string of the molecule is COc1ccccc1N1CCCC(NC(=O)Cn2[nH]c(=O)c3ccccc3c2=O)C1. The number of nitrogens with one attached hydrogen (secondary N) is 2. The van der Waals surface area contributed by atoms with Crippen LogP contribution in [0.3, 0.4) is 0 Å². The molecule has 8 nitrogen and oxygen atoms in total. The maximum Gasteiger partial charge on any atom is 0.273 e. The first-order chi connectivity index (χ1) is 14.6. The second kappa shape index (κ2) is 8.44. The summed E-state index contributed by atoms with van der Waals surface area (Å²) in [5.74, 6) is 0.486. The monoisotopic (exact) mass is 408 g/mol. The van der Waals surface area contributed by atoms with Gasteiger partial charge in [0.25, 0.3) is 11.1 Å². The van der Waals surface area contributed by atoms with Gasteiger partial charge in [-0.2, -0.15) is 0 Å². The lowest BCUT2D eigenvalue weighted by molar-refractivity contribution is -0.122. The number of hydrogen-bond donors (Lipinski definition) is 2. The van der Waals surface area contributed by atoms with Crippen LogP contribution >= 0.6 is 0 Å². The molecule has 1 aromatic heterocycles. The summed E-state index contributed by atoms with van der Waals surface area (Å²) >= 11 is 0. The maximum atomic E-state index is 12.6. The number of rotatable bonds is 5. The van der Waals surface area contributed by atoms with Crippen molar-refractivity contribution in [2.45, 2.75) is 25.4 Å². The van der Waals surface area contributed by atoms with Gasteiger partial charge in [0.2, 0.25) is 5.91 Å². The number of aromatic nitrogens is 2. The fraction of sp³-hybridized carbons (Fsp3) is 0.318. The third kappa shape index (κ3) is 3.94. The van der Waals surface area contributed by atoms with Gasteiger partial charge >= 0.3 is 0 Å². The highest BCUT2D eigenvalue weighted by molar-refractivity contribution is 5.81. The molecule has 0 aliphatic carbocycles. The standard InChI is InChI=1S/C22H24N4O4/c1-30-19-11-5-4-10-18(19)25-12-6-7-15(13-25)23-20(27)14-26-22(29)17-9-3-2-8-16(17)21(28)24-26/h2-5,8-11,15H,6-7,12-14H2,1H3,(H,23,27)(H,24,28). The van der Waals surface area contributed by atoms with Gasteiger partial charge in [-0.15, -0.1) is 0 Å². The van der Waals surface area contributed by atoms with E-state index in [0.717, 1.165) is 35.5 Å². The van der Waals surface area contributed by atoms with E-state index in [1.807, 2.05) is 24.3 Å². The molecular weight excluding hydrogens is 384 g/mol. The molecule has 0 spiro atoms. The molecule has 0 bridgehead atoms. The minimum Gasteiger partial charge on any atom is -0.495 e. The van der Waals surface area contributed by atoms with Crippen LogP contribution in [0.25, 0.3) is 10.8 Å². The van der Waals surface area contributed by atoms with E-state index >= 15 is 0 Å². The Kier molecular flexibility index (Phi) is 5.56. The Morgan fingerprint density at radius 1 is 1.13 bits per heavy atom. The van der Waals surface area contributed by atoms with Gasteiger partial charge in [-0.05, 0) is 37.1 Å². The minimum atomic E-state index is -0.391. The number of H-pyrrole nitrogens is 1. The number of fused-ring (bicyclic) bond motifs is 1. The Bertz CT molecular complexity index is 1180. The molecule has 4 rings (SSSR count). The zero-order valence-electron chi connectivity index (χ0n) is 16.8. The first-order valence-electron chi connectivity index (χ1n) is 9.96. The van der Waals surface area contributed by atoms with Crippen LogP contribution < -0.4 is 26.1 Å². The first kappa shape index (κ1) is 19.8. The van der Waals surface area contributed by atoms with Crippen LogP contribution in [0.1, 0.15) is 12.8 Å². The summed E-state index contributed by atoms with van der Waals surface area (Å²) in [4.78, 5) is 39.6. The van der Waals surface area contributed by atoms with Crippen molar-refractivity contribution in [3.8, 4) is 5.75 Å². The Morgan fingerprint density at radius 3 is 2.67 bits per heavy atom. The summed E-state index contributed by atoms with van der Waals surface area (Å²) in [7, 11) is 1.64. The Balaban J connectivity index is 1.47. The molecule has 1 amide bonds. The summed E-state index contributed by atoms with van der Waals surface area (Å²) in [6, 6.07) is 14.3. The second-order valence-electron chi connectivity index (χ2n) is 7.40. The number of carbonyl (C=O) groups is 1. The lowest BCUT2D eigenvalue weighted by Gasteiger charge is -2.35. The smallest absolute Gasteiger partial charge is 0.273 e. The number of methoxy groups -OCH3 is 1. The van der Waals surface area contributed by atoms with E-state index in [1.54, 1.807) is 31.4 Å². The highest BCUT2D eigenvalue weighted by Crippen LogP contribution is 2.29. The zero-order valence-corrected chi connectivity index (χ0v) is 16.8. The van der Waals surface area contributed by atoms with Crippen LogP contribution in [0.2, 0.25) is 0 Å². The van der Waals surface area contributed by atoms with Crippen molar-refractivity contribution in [1.29, 1.82) is 0 Å². The average Bonchev–Trinajstić information content (AvgIpc) is 2.77. The van der Waals surface area contributed by atoms with Crippen molar-refractivity contribution in [3.05, 3.63) is 69.2 Å². The topological polar surface area (TPSA) is 96.4 Å². The summed E-state index contributed by atoms with van der Waals surface area (Å²) < 4.78 is 6.52. The minimum absolute atomic E-state index is 0.0564. The van der Waals surface area contributed by atoms with E-state index in [0.29, 0.717) is 17.3 Å². The highest BCUT2D eigenvalue weighted by Gasteiger charge is 2.23. The second-order valence-corrected chi connectivity index (χ2v) is 7.40. The highest BCUT2D eigenvalue weighted by atomic mass is 16.5. The molecule has 3 aromatic rings. The Labute approximate surface area is 173 Å². The quantitative estimate of drug-likeness (QED) is 0.667. The number of para-hydroxylation sites is 2. The molecule has 0 radical (unpaired) electrons. The van der Waals surface area contributed by atoms with Crippen LogP contribution in [-0.4, -0.2) is 41.9 Å². The number of anilines is 1. The van der Waals surface area contributed by atoms with Gasteiger partial charge in [0.05, 0.1) is 23.6 Å². The first-order valence-corrected chi connectivity index (χ1v) is 9.96. The number of benzene rings is 2. The third-order valence-corrected chi connectivity index (χ3v) is 5.40.